The molecule has 21 heavy (non-hydrogen) atoms. The van der Waals surface area contributed by atoms with Crippen molar-refractivity contribution in [1.82, 2.24) is 0 Å². The number of benzene rings is 2. The lowest BCUT2D eigenvalue weighted by molar-refractivity contribution is -0.142. The van der Waals surface area contributed by atoms with E-state index >= 15 is 0 Å². The summed E-state index contributed by atoms with van der Waals surface area (Å²) in [5, 5.41) is -0.432. The lowest BCUT2D eigenvalue weighted by atomic mass is 10.1. The molecule has 0 aromatic heterocycles. The SMILES string of the molecule is CCOC(=O)C(SC(=S)c1ccccc1)c1ccccc1. The number of ether oxygens (including phenoxy) is 1. The Bertz CT molecular complexity index is 597. The zero-order chi connectivity index (χ0) is 15.1. The largest absolute Gasteiger partial charge is 0.465 e. The van der Waals surface area contributed by atoms with Gasteiger partial charge in [0.05, 0.1) is 10.8 Å². The zero-order valence-electron chi connectivity index (χ0n) is 11.7. The molecule has 2 rings (SSSR count). The van der Waals surface area contributed by atoms with Crippen molar-refractivity contribution >= 4 is 34.1 Å². The molecule has 0 heterocycles. The predicted molar refractivity (Wildman–Crippen MR) is 91.5 cm³/mol. The van der Waals surface area contributed by atoms with Crippen LogP contribution in [0.2, 0.25) is 0 Å². The van der Waals surface area contributed by atoms with Gasteiger partial charge in [0.25, 0.3) is 0 Å². The summed E-state index contributed by atoms with van der Waals surface area (Å²) in [6.07, 6.45) is 0. The van der Waals surface area contributed by atoms with Crippen LogP contribution in [-0.2, 0) is 9.53 Å². The van der Waals surface area contributed by atoms with Crippen LogP contribution in [0.25, 0.3) is 0 Å². The fraction of sp³-hybridized carbons (Fsp3) is 0.176. The van der Waals surface area contributed by atoms with Gasteiger partial charge in [-0.25, -0.2) is 0 Å². The van der Waals surface area contributed by atoms with Crippen LogP contribution in [0, 0.1) is 0 Å². The second-order valence-corrected chi connectivity index (χ2v) is 6.10. The van der Waals surface area contributed by atoms with E-state index in [-0.39, 0.29) is 5.97 Å². The van der Waals surface area contributed by atoms with Crippen molar-refractivity contribution in [3.05, 3.63) is 71.8 Å². The van der Waals surface area contributed by atoms with E-state index in [0.717, 1.165) is 11.1 Å². The molecule has 1 unspecified atom stereocenters. The average molecular weight is 316 g/mol. The van der Waals surface area contributed by atoms with Crippen molar-refractivity contribution in [2.75, 3.05) is 6.61 Å². The van der Waals surface area contributed by atoms with Gasteiger partial charge >= 0.3 is 5.97 Å². The molecule has 0 bridgehead atoms. The van der Waals surface area contributed by atoms with Crippen LogP contribution >= 0.6 is 24.0 Å². The van der Waals surface area contributed by atoms with Gasteiger partial charge in [0.2, 0.25) is 0 Å². The molecule has 2 aromatic rings. The molecule has 4 heteroatoms. The topological polar surface area (TPSA) is 26.3 Å². The van der Waals surface area contributed by atoms with Crippen LogP contribution in [0.5, 0.6) is 0 Å². The van der Waals surface area contributed by atoms with Crippen molar-refractivity contribution < 1.29 is 9.53 Å². The highest BCUT2D eigenvalue weighted by atomic mass is 32.2. The van der Waals surface area contributed by atoms with E-state index in [0.29, 0.717) is 10.8 Å². The van der Waals surface area contributed by atoms with Gasteiger partial charge in [-0.3, -0.25) is 4.79 Å². The minimum atomic E-state index is -0.432. The third-order valence-electron chi connectivity index (χ3n) is 2.84. The van der Waals surface area contributed by atoms with Gasteiger partial charge in [-0.15, -0.1) is 0 Å². The first-order chi connectivity index (χ1) is 10.2. The fourth-order valence-corrected chi connectivity index (χ4v) is 3.22. The lowest BCUT2D eigenvalue weighted by Gasteiger charge is -2.16. The van der Waals surface area contributed by atoms with Crippen molar-refractivity contribution in [1.29, 1.82) is 0 Å². The summed E-state index contributed by atoms with van der Waals surface area (Å²) in [6, 6.07) is 19.3. The molecule has 0 aliphatic rings. The van der Waals surface area contributed by atoms with Gasteiger partial charge in [0.1, 0.15) is 5.25 Å². The first kappa shape index (κ1) is 15.7. The van der Waals surface area contributed by atoms with Gasteiger partial charge in [0.15, 0.2) is 0 Å². The highest BCUT2D eigenvalue weighted by Gasteiger charge is 2.24. The lowest BCUT2D eigenvalue weighted by Crippen LogP contribution is -2.15. The summed E-state index contributed by atoms with van der Waals surface area (Å²) in [6.45, 7) is 2.17. The van der Waals surface area contributed by atoms with Crippen LogP contribution in [0.3, 0.4) is 0 Å². The molecule has 108 valence electrons. The summed E-state index contributed by atoms with van der Waals surface area (Å²) in [5.74, 6) is -0.257. The molecule has 0 radical (unpaired) electrons. The molecule has 1 atom stereocenters. The molecule has 0 aliphatic carbocycles. The zero-order valence-corrected chi connectivity index (χ0v) is 13.3. The standard InChI is InChI=1S/C17H16O2S2/c1-2-19-16(18)15(13-9-5-3-6-10-13)21-17(20)14-11-7-4-8-12-14/h3-12,15H,2H2,1H3. The molecule has 0 amide bonds. The number of thiocarbonyl (C=S) groups is 1. The minimum absolute atomic E-state index is 0.257. The summed E-state index contributed by atoms with van der Waals surface area (Å²) < 4.78 is 5.87. The number of esters is 1. The molecule has 0 spiro atoms. The van der Waals surface area contributed by atoms with E-state index in [9.17, 15) is 4.79 Å². The molecule has 0 N–H and O–H groups in total. The van der Waals surface area contributed by atoms with Crippen molar-refractivity contribution in [2.24, 2.45) is 0 Å². The third-order valence-corrected chi connectivity index (χ3v) is 4.51. The Kier molecular flexibility index (Phi) is 5.96. The Morgan fingerprint density at radius 1 is 1.10 bits per heavy atom. The van der Waals surface area contributed by atoms with Gasteiger partial charge in [-0.2, -0.15) is 0 Å². The summed E-state index contributed by atoms with van der Waals surface area (Å²) in [5.41, 5.74) is 1.85. The number of hydrogen-bond acceptors (Lipinski definition) is 4. The normalized spacial score (nSPS) is 11.7. The van der Waals surface area contributed by atoms with E-state index in [4.69, 9.17) is 17.0 Å². The number of hydrogen-bond donors (Lipinski definition) is 0. The maximum atomic E-state index is 12.2. The number of thioether (sulfide) groups is 1. The number of rotatable bonds is 5. The Morgan fingerprint density at radius 3 is 2.24 bits per heavy atom. The first-order valence-electron chi connectivity index (χ1n) is 6.70. The highest BCUT2D eigenvalue weighted by Crippen LogP contribution is 2.33. The molecular weight excluding hydrogens is 300 g/mol. The number of carbonyl (C=O) groups excluding carboxylic acids is 1. The van der Waals surface area contributed by atoms with Crippen molar-refractivity contribution in [3.8, 4) is 0 Å². The third kappa shape index (κ3) is 4.41. The van der Waals surface area contributed by atoms with Crippen molar-refractivity contribution in [2.45, 2.75) is 12.2 Å². The summed E-state index contributed by atoms with van der Waals surface area (Å²) in [4.78, 5) is 12.2. The minimum Gasteiger partial charge on any atom is -0.465 e. The van der Waals surface area contributed by atoms with Crippen LogP contribution < -0.4 is 0 Å². The molecule has 0 aliphatic heterocycles. The fourth-order valence-electron chi connectivity index (χ4n) is 1.85. The van der Waals surface area contributed by atoms with E-state index in [2.05, 4.69) is 0 Å². The van der Waals surface area contributed by atoms with E-state index in [1.807, 2.05) is 60.7 Å². The summed E-state index contributed by atoms with van der Waals surface area (Å²) in [7, 11) is 0. The van der Waals surface area contributed by atoms with Crippen LogP contribution in [0.15, 0.2) is 60.7 Å². The second-order valence-electron chi connectivity index (χ2n) is 4.31. The molecule has 0 fully saturated rings. The van der Waals surface area contributed by atoms with Gasteiger partial charge in [0, 0.05) is 0 Å². The molecule has 2 aromatic carbocycles. The van der Waals surface area contributed by atoms with E-state index in [1.165, 1.54) is 11.8 Å². The highest BCUT2D eigenvalue weighted by molar-refractivity contribution is 8.24. The van der Waals surface area contributed by atoms with Gasteiger partial charge < -0.3 is 4.74 Å². The predicted octanol–water partition coefficient (Wildman–Crippen LogP) is 4.40. The Morgan fingerprint density at radius 2 is 1.67 bits per heavy atom. The smallest absolute Gasteiger partial charge is 0.323 e. The molecular formula is C17H16O2S2. The van der Waals surface area contributed by atoms with E-state index in [1.54, 1.807) is 6.92 Å². The summed E-state index contributed by atoms with van der Waals surface area (Å²) >= 11 is 6.81. The molecule has 0 saturated heterocycles. The van der Waals surface area contributed by atoms with Crippen LogP contribution in [0.4, 0.5) is 0 Å². The quantitative estimate of drug-likeness (QED) is 0.603. The van der Waals surface area contributed by atoms with E-state index < -0.39 is 5.25 Å². The van der Waals surface area contributed by atoms with Gasteiger partial charge in [-0.05, 0) is 18.1 Å². The van der Waals surface area contributed by atoms with Crippen LogP contribution in [0.1, 0.15) is 23.3 Å². The monoisotopic (exact) mass is 316 g/mol. The van der Waals surface area contributed by atoms with Crippen LogP contribution in [-0.4, -0.2) is 16.8 Å². The molecule has 2 nitrogen and oxygen atoms in total. The first-order valence-corrected chi connectivity index (χ1v) is 7.98. The Hall–Kier alpha value is -1.65. The maximum absolute atomic E-state index is 12.2. The molecule has 0 saturated carbocycles. The maximum Gasteiger partial charge on any atom is 0.323 e. The Balaban J connectivity index is 2.20. The number of carbonyl (C=O) groups is 1. The second kappa shape index (κ2) is 7.96. The Labute approximate surface area is 134 Å². The van der Waals surface area contributed by atoms with Gasteiger partial charge in [-0.1, -0.05) is 84.6 Å². The van der Waals surface area contributed by atoms with Crippen molar-refractivity contribution in [3.63, 3.8) is 0 Å². The average Bonchev–Trinajstić information content (AvgIpc) is 2.54.